The number of nitriles is 2. The fraction of sp³-hybridized carbons (Fsp3) is 0.217. The summed E-state index contributed by atoms with van der Waals surface area (Å²) in [4.78, 5) is 16.6. The molecule has 0 saturated carbocycles. The number of aromatic amines is 2. The number of fused-ring (bicyclic) bond motifs is 3. The van der Waals surface area contributed by atoms with Gasteiger partial charge in [-0.15, -0.1) is 0 Å². The van der Waals surface area contributed by atoms with E-state index >= 15 is 0 Å². The van der Waals surface area contributed by atoms with E-state index in [1.54, 1.807) is 0 Å². The number of para-hydroxylation sites is 4. The summed E-state index contributed by atoms with van der Waals surface area (Å²) in [7, 11) is 0. The van der Waals surface area contributed by atoms with Crippen molar-refractivity contribution in [1.82, 2.24) is 19.9 Å². The van der Waals surface area contributed by atoms with Crippen molar-refractivity contribution in [2.75, 3.05) is 13.2 Å². The van der Waals surface area contributed by atoms with Crippen molar-refractivity contribution in [3.8, 4) is 46.2 Å². The Hall–Kier alpha value is -7.04. The van der Waals surface area contributed by atoms with Crippen LogP contribution in [0.25, 0.3) is 66.6 Å². The molecule has 0 aliphatic rings. The average Bonchev–Trinajstić information content (AvgIpc) is 4.03. The van der Waals surface area contributed by atoms with Gasteiger partial charge in [0.1, 0.15) is 45.8 Å². The molecule has 4 aromatic carbocycles. The Morgan fingerprint density at radius 1 is 0.607 bits per heavy atom. The summed E-state index contributed by atoms with van der Waals surface area (Å²) in [5.41, 5.74) is 5.73. The van der Waals surface area contributed by atoms with E-state index in [1.807, 2.05) is 97.1 Å². The third-order valence-electron chi connectivity index (χ3n) is 10.2. The van der Waals surface area contributed by atoms with E-state index in [0.717, 1.165) is 35.5 Å². The highest BCUT2D eigenvalue weighted by molar-refractivity contribution is 6.07. The average molecular weight is 741 g/mol. The number of nitrogens with one attached hydrogen (secondary N) is 2. The standard InChI is InChI=1S/C46H40N6O4/c1-5-27(3)25-53-31-19-15-29(16-20-31)41-39-40(44(51-41)34(24-48)46-50-36-12-8-10-14-38(36)56-46)42(30-17-21-32(22-18-30)54-26-28(4)6-2)52-43(39)33(23-47)45-49-35-11-7-9-13-37(35)55-45/h7-22,27-28,51-52H,5-6,25-26H2,1-4H3/b43-33-,44-34-. The first-order valence-corrected chi connectivity index (χ1v) is 18.9. The molecule has 0 bridgehead atoms. The number of rotatable bonds is 12. The lowest BCUT2D eigenvalue weighted by atomic mass is 10.0. The van der Waals surface area contributed by atoms with Crippen LogP contribution in [0.4, 0.5) is 0 Å². The SMILES string of the molecule is CCC(C)COc1ccc(-c2[nH]/c(=C(/C#N)c3nc4ccccc4o3)c3c(-c4ccc(OCC(C)CC)cc4)[nH]/c(=C(/C#N)c4nc5ccccc5o4)c23)cc1. The zero-order valence-corrected chi connectivity index (χ0v) is 31.6. The van der Waals surface area contributed by atoms with Crippen molar-refractivity contribution >= 4 is 44.1 Å². The maximum absolute atomic E-state index is 10.9. The molecule has 2 N–H and O–H groups in total. The van der Waals surface area contributed by atoms with Gasteiger partial charge < -0.3 is 28.3 Å². The van der Waals surface area contributed by atoms with Crippen LogP contribution in [0.2, 0.25) is 0 Å². The van der Waals surface area contributed by atoms with Crippen LogP contribution in [0.3, 0.4) is 0 Å². The Bertz CT molecular complexity index is 2630. The second-order valence-electron chi connectivity index (χ2n) is 14.1. The molecular formula is C46H40N6O4. The summed E-state index contributed by atoms with van der Waals surface area (Å²) in [6, 6.07) is 35.2. The van der Waals surface area contributed by atoms with Crippen LogP contribution >= 0.6 is 0 Å². The summed E-state index contributed by atoms with van der Waals surface area (Å²) < 4.78 is 24.6. The van der Waals surface area contributed by atoms with Crippen LogP contribution in [0.1, 0.15) is 52.3 Å². The largest absolute Gasteiger partial charge is 0.493 e. The van der Waals surface area contributed by atoms with E-state index < -0.39 is 0 Å². The number of oxazole rings is 2. The van der Waals surface area contributed by atoms with Crippen LogP contribution in [0.5, 0.6) is 11.5 Å². The van der Waals surface area contributed by atoms with E-state index in [-0.39, 0.29) is 22.9 Å². The second-order valence-corrected chi connectivity index (χ2v) is 14.1. The van der Waals surface area contributed by atoms with Gasteiger partial charge in [0, 0.05) is 10.8 Å². The summed E-state index contributed by atoms with van der Waals surface area (Å²) >= 11 is 0. The van der Waals surface area contributed by atoms with Crippen molar-refractivity contribution in [1.29, 1.82) is 10.5 Å². The molecule has 0 aliphatic heterocycles. The smallest absolute Gasteiger partial charge is 0.240 e. The van der Waals surface area contributed by atoms with Crippen LogP contribution < -0.4 is 20.2 Å². The molecule has 278 valence electrons. The molecule has 0 fully saturated rings. The number of aromatic nitrogens is 4. The fourth-order valence-corrected chi connectivity index (χ4v) is 6.59. The van der Waals surface area contributed by atoms with Gasteiger partial charge in [0.15, 0.2) is 11.2 Å². The Labute approximate surface area is 323 Å². The first kappa shape index (κ1) is 36.0. The predicted molar refractivity (Wildman–Crippen MR) is 217 cm³/mol. The normalized spacial score (nSPS) is 13.7. The van der Waals surface area contributed by atoms with Gasteiger partial charge in [0.05, 0.1) is 35.3 Å². The Kier molecular flexibility index (Phi) is 9.87. The van der Waals surface area contributed by atoms with Crippen LogP contribution in [-0.4, -0.2) is 33.1 Å². The van der Waals surface area contributed by atoms with Crippen LogP contribution in [0.15, 0.2) is 106 Å². The van der Waals surface area contributed by atoms with E-state index in [0.29, 0.717) is 80.1 Å². The highest BCUT2D eigenvalue weighted by Crippen LogP contribution is 2.34. The van der Waals surface area contributed by atoms with Gasteiger partial charge >= 0.3 is 0 Å². The molecule has 56 heavy (non-hydrogen) atoms. The molecule has 4 heterocycles. The van der Waals surface area contributed by atoms with Gasteiger partial charge in [-0.1, -0.05) is 64.8 Å². The monoisotopic (exact) mass is 740 g/mol. The van der Waals surface area contributed by atoms with Crippen molar-refractivity contribution in [3.05, 3.63) is 120 Å². The van der Waals surface area contributed by atoms with Gasteiger partial charge in [-0.3, -0.25) is 0 Å². The minimum atomic E-state index is 0.170. The van der Waals surface area contributed by atoms with Crippen molar-refractivity contribution in [3.63, 3.8) is 0 Å². The summed E-state index contributed by atoms with van der Waals surface area (Å²) in [6.45, 7) is 9.81. The van der Waals surface area contributed by atoms with Gasteiger partial charge in [-0.05, 0) is 95.8 Å². The number of nitrogens with zero attached hydrogens (tertiary/aromatic N) is 4. The zero-order valence-electron chi connectivity index (χ0n) is 31.6. The van der Waals surface area contributed by atoms with Crippen molar-refractivity contribution in [2.24, 2.45) is 11.8 Å². The number of hydrogen-bond donors (Lipinski definition) is 2. The molecule has 4 aromatic heterocycles. The molecule has 10 nitrogen and oxygen atoms in total. The molecule has 0 spiro atoms. The van der Waals surface area contributed by atoms with Gasteiger partial charge in [0.25, 0.3) is 0 Å². The molecule has 2 atom stereocenters. The van der Waals surface area contributed by atoms with Gasteiger partial charge in [-0.25, -0.2) is 9.97 Å². The molecule has 8 rings (SSSR count). The summed E-state index contributed by atoms with van der Waals surface area (Å²) in [6.07, 6.45) is 2.03. The first-order chi connectivity index (χ1) is 27.4. The Morgan fingerprint density at radius 3 is 1.36 bits per heavy atom. The maximum atomic E-state index is 10.9. The van der Waals surface area contributed by atoms with E-state index in [9.17, 15) is 10.5 Å². The summed E-state index contributed by atoms with van der Waals surface area (Å²) in [5.74, 6) is 2.66. The van der Waals surface area contributed by atoms with E-state index in [1.165, 1.54) is 0 Å². The van der Waals surface area contributed by atoms with E-state index in [4.69, 9.17) is 28.3 Å². The molecule has 0 aliphatic carbocycles. The van der Waals surface area contributed by atoms with Crippen LogP contribution in [0, 0.1) is 34.5 Å². The summed E-state index contributed by atoms with van der Waals surface area (Å²) in [5, 5.41) is 24.0. The molecule has 0 saturated heterocycles. The van der Waals surface area contributed by atoms with Crippen molar-refractivity contribution < 1.29 is 18.3 Å². The van der Waals surface area contributed by atoms with Crippen molar-refractivity contribution in [2.45, 2.75) is 40.5 Å². The van der Waals surface area contributed by atoms with E-state index in [2.05, 4.69) is 49.8 Å². The third-order valence-corrected chi connectivity index (χ3v) is 10.2. The minimum Gasteiger partial charge on any atom is -0.493 e. The molecule has 2 unspecified atom stereocenters. The lowest BCUT2D eigenvalue weighted by molar-refractivity contribution is 0.256. The predicted octanol–water partition coefficient (Wildman–Crippen LogP) is 9.41. The lowest BCUT2D eigenvalue weighted by Crippen LogP contribution is -2.11. The van der Waals surface area contributed by atoms with Gasteiger partial charge in [-0.2, -0.15) is 10.5 Å². The number of hydrogen-bond acceptors (Lipinski definition) is 8. The molecule has 0 amide bonds. The first-order valence-electron chi connectivity index (χ1n) is 18.9. The van der Waals surface area contributed by atoms with Gasteiger partial charge in [0.2, 0.25) is 11.8 Å². The maximum Gasteiger partial charge on any atom is 0.240 e. The molecule has 0 radical (unpaired) electrons. The lowest BCUT2D eigenvalue weighted by Gasteiger charge is -2.11. The molecular weight excluding hydrogens is 701 g/mol. The minimum absolute atomic E-state index is 0.170. The number of H-pyrrole nitrogens is 2. The zero-order chi connectivity index (χ0) is 38.8. The highest BCUT2D eigenvalue weighted by atomic mass is 16.5. The van der Waals surface area contributed by atoms with Crippen LogP contribution in [-0.2, 0) is 0 Å². The fourth-order valence-electron chi connectivity index (χ4n) is 6.59. The Morgan fingerprint density at radius 2 is 1.00 bits per heavy atom. The molecule has 8 aromatic rings. The molecule has 10 heteroatoms. The number of ether oxygens (including phenoxy) is 2. The third kappa shape index (κ3) is 6.78. The second kappa shape index (κ2) is 15.4. The highest BCUT2D eigenvalue weighted by Gasteiger charge is 2.25. The quantitative estimate of drug-likeness (QED) is 0.126. The number of benzene rings is 4. The topological polar surface area (TPSA) is 150 Å². The Balaban J connectivity index is 1.44.